The third kappa shape index (κ3) is 3.83. The number of rotatable bonds is 4. The Morgan fingerprint density at radius 3 is 2.48 bits per heavy atom. The van der Waals surface area contributed by atoms with E-state index in [1.807, 2.05) is 0 Å². The Hall–Kier alpha value is -2.80. The van der Waals surface area contributed by atoms with Crippen molar-refractivity contribution in [2.75, 3.05) is 5.32 Å². The normalized spacial score (nSPS) is 11.9. The van der Waals surface area contributed by atoms with Crippen molar-refractivity contribution in [3.63, 3.8) is 0 Å². The maximum Gasteiger partial charge on any atom is 0.453 e. The van der Waals surface area contributed by atoms with Gasteiger partial charge >= 0.3 is 6.18 Å². The van der Waals surface area contributed by atoms with Crippen LogP contribution in [0.5, 0.6) is 0 Å². The molecule has 7 nitrogen and oxygen atoms in total. The van der Waals surface area contributed by atoms with E-state index in [1.54, 1.807) is 12.1 Å². The van der Waals surface area contributed by atoms with Crippen LogP contribution in [0.4, 0.5) is 28.4 Å². The Bertz CT molecular complexity index is 1090. The van der Waals surface area contributed by atoms with Gasteiger partial charge in [0.25, 0.3) is 5.82 Å². The summed E-state index contributed by atoms with van der Waals surface area (Å²) in [7, 11) is 0. The highest BCUT2D eigenvalue weighted by Crippen LogP contribution is 2.33. The molecule has 0 unspecified atom stereocenters. The van der Waals surface area contributed by atoms with Crippen molar-refractivity contribution in [1.29, 1.82) is 0 Å². The van der Waals surface area contributed by atoms with E-state index in [-0.39, 0.29) is 16.5 Å². The smallest absolute Gasteiger partial charge is 0.330 e. The summed E-state index contributed by atoms with van der Waals surface area (Å²) < 4.78 is 52.8. The number of fused-ring (bicyclic) bond motifs is 1. The van der Waals surface area contributed by atoms with Crippen LogP contribution in [0.15, 0.2) is 45.8 Å². The molecular weight excluding hydrogens is 406 g/mol. The standard InChI is InChI=1S/C14H7F4N7S2/c15-7-1-3-8(4-2-7)19-12-22-23-13(27-12)26-10-6-5-9-20-21-11(14(16,17)18)25(9)24-10/h1-6H,(H,19,22). The van der Waals surface area contributed by atoms with Crippen molar-refractivity contribution in [3.05, 3.63) is 48.0 Å². The van der Waals surface area contributed by atoms with Crippen molar-refractivity contribution in [3.8, 4) is 0 Å². The summed E-state index contributed by atoms with van der Waals surface area (Å²) in [5.41, 5.74) is 0.616. The average molecular weight is 413 g/mol. The van der Waals surface area contributed by atoms with E-state index in [2.05, 4.69) is 30.8 Å². The number of nitrogens with zero attached hydrogens (tertiary/aromatic N) is 6. The lowest BCUT2D eigenvalue weighted by atomic mass is 10.3. The molecule has 13 heteroatoms. The maximum atomic E-state index is 12.9. The van der Waals surface area contributed by atoms with Crippen molar-refractivity contribution in [2.24, 2.45) is 0 Å². The Kier molecular flexibility index (Phi) is 4.39. The number of alkyl halides is 3. The van der Waals surface area contributed by atoms with E-state index < -0.39 is 12.0 Å². The summed E-state index contributed by atoms with van der Waals surface area (Å²) in [5, 5.41) is 22.1. The van der Waals surface area contributed by atoms with Crippen LogP contribution in [0.25, 0.3) is 5.65 Å². The number of anilines is 2. The minimum atomic E-state index is -4.66. The zero-order valence-corrected chi connectivity index (χ0v) is 14.6. The van der Waals surface area contributed by atoms with Crippen LogP contribution in [-0.4, -0.2) is 30.0 Å². The van der Waals surface area contributed by atoms with Crippen LogP contribution in [0.1, 0.15) is 5.82 Å². The molecule has 0 amide bonds. The molecule has 138 valence electrons. The molecule has 0 atom stereocenters. The molecule has 0 bridgehead atoms. The molecule has 0 fully saturated rings. The maximum absolute atomic E-state index is 12.9. The molecule has 4 rings (SSSR count). The summed E-state index contributed by atoms with van der Waals surface area (Å²) in [6.45, 7) is 0. The Labute approximate surface area is 156 Å². The molecule has 27 heavy (non-hydrogen) atoms. The minimum absolute atomic E-state index is 0.0115. The predicted molar refractivity (Wildman–Crippen MR) is 89.5 cm³/mol. The Morgan fingerprint density at radius 1 is 0.963 bits per heavy atom. The zero-order chi connectivity index (χ0) is 19.0. The van der Waals surface area contributed by atoms with E-state index in [0.717, 1.165) is 11.8 Å². The second kappa shape index (κ2) is 6.74. The molecule has 3 aromatic heterocycles. The molecule has 0 aliphatic carbocycles. The molecule has 3 heterocycles. The Morgan fingerprint density at radius 2 is 1.74 bits per heavy atom. The fourth-order valence-electron chi connectivity index (χ4n) is 2.05. The highest BCUT2D eigenvalue weighted by Gasteiger charge is 2.37. The van der Waals surface area contributed by atoms with Gasteiger partial charge in [-0.25, -0.2) is 4.39 Å². The molecular formula is C14H7F4N7S2. The predicted octanol–water partition coefficient (Wildman–Crippen LogP) is 4.03. The first-order valence-electron chi connectivity index (χ1n) is 7.22. The van der Waals surface area contributed by atoms with Gasteiger partial charge in [0, 0.05) is 5.69 Å². The highest BCUT2D eigenvalue weighted by atomic mass is 32.2. The van der Waals surface area contributed by atoms with E-state index in [1.165, 1.54) is 35.6 Å². The average Bonchev–Trinajstić information content (AvgIpc) is 3.23. The van der Waals surface area contributed by atoms with Crippen LogP contribution in [0, 0.1) is 5.82 Å². The zero-order valence-electron chi connectivity index (χ0n) is 13.0. The first kappa shape index (κ1) is 17.6. The van der Waals surface area contributed by atoms with Gasteiger partial charge in [0.05, 0.1) is 0 Å². The van der Waals surface area contributed by atoms with E-state index in [0.29, 0.717) is 19.7 Å². The van der Waals surface area contributed by atoms with Gasteiger partial charge in [-0.05, 0) is 48.2 Å². The van der Waals surface area contributed by atoms with Crippen LogP contribution >= 0.6 is 23.1 Å². The summed E-state index contributed by atoms with van der Waals surface area (Å²) >= 11 is 2.23. The van der Waals surface area contributed by atoms with Gasteiger partial charge in [-0.15, -0.1) is 20.4 Å². The molecule has 0 saturated carbocycles. The van der Waals surface area contributed by atoms with Crippen LogP contribution in [0.3, 0.4) is 0 Å². The number of hydrogen-bond acceptors (Lipinski definition) is 8. The van der Waals surface area contributed by atoms with Crippen molar-refractivity contribution in [2.45, 2.75) is 15.5 Å². The third-order valence-corrected chi connectivity index (χ3v) is 5.00. The number of nitrogens with one attached hydrogen (secondary N) is 1. The van der Waals surface area contributed by atoms with Gasteiger partial charge in [-0.2, -0.15) is 22.8 Å². The van der Waals surface area contributed by atoms with Gasteiger partial charge in [0.15, 0.2) is 9.99 Å². The second-order valence-electron chi connectivity index (χ2n) is 5.07. The van der Waals surface area contributed by atoms with E-state index in [4.69, 9.17) is 0 Å². The van der Waals surface area contributed by atoms with Crippen molar-refractivity contribution in [1.82, 2.24) is 30.0 Å². The Balaban J connectivity index is 1.54. The van der Waals surface area contributed by atoms with E-state index >= 15 is 0 Å². The topological polar surface area (TPSA) is 80.9 Å². The fourth-order valence-corrected chi connectivity index (χ4v) is 3.73. The SMILES string of the molecule is Fc1ccc(Nc2nnc(Sc3ccc4nnc(C(F)(F)F)n4n3)s2)cc1. The highest BCUT2D eigenvalue weighted by molar-refractivity contribution is 8.01. The van der Waals surface area contributed by atoms with Crippen molar-refractivity contribution < 1.29 is 17.6 Å². The first-order valence-corrected chi connectivity index (χ1v) is 8.85. The molecule has 4 aromatic rings. The largest absolute Gasteiger partial charge is 0.453 e. The number of benzene rings is 1. The van der Waals surface area contributed by atoms with Gasteiger partial charge in [-0.1, -0.05) is 11.3 Å². The van der Waals surface area contributed by atoms with Crippen molar-refractivity contribution >= 4 is 39.6 Å². The van der Waals surface area contributed by atoms with Crippen LogP contribution in [0.2, 0.25) is 0 Å². The van der Waals surface area contributed by atoms with E-state index in [9.17, 15) is 17.6 Å². The third-order valence-electron chi connectivity index (χ3n) is 3.19. The van der Waals surface area contributed by atoms with Crippen LogP contribution < -0.4 is 5.32 Å². The quantitative estimate of drug-likeness (QED) is 0.506. The molecule has 0 radical (unpaired) electrons. The molecule has 0 aliphatic rings. The summed E-state index contributed by atoms with van der Waals surface area (Å²) in [4.78, 5) is 0. The lowest BCUT2D eigenvalue weighted by Gasteiger charge is -2.03. The fraction of sp³-hybridized carbons (Fsp3) is 0.0714. The lowest BCUT2D eigenvalue weighted by Crippen LogP contribution is -2.12. The summed E-state index contributed by atoms with van der Waals surface area (Å²) in [5.74, 6) is -1.56. The number of halogens is 4. The van der Waals surface area contributed by atoms with Gasteiger partial charge in [0.1, 0.15) is 10.8 Å². The molecule has 1 aromatic carbocycles. The first-order chi connectivity index (χ1) is 12.9. The van der Waals surface area contributed by atoms with Gasteiger partial charge < -0.3 is 5.32 Å². The minimum Gasteiger partial charge on any atom is -0.330 e. The lowest BCUT2D eigenvalue weighted by molar-refractivity contribution is -0.146. The van der Waals surface area contributed by atoms with Gasteiger partial charge in [0.2, 0.25) is 5.13 Å². The molecule has 0 saturated heterocycles. The summed E-state index contributed by atoms with van der Waals surface area (Å²) in [6, 6.07) is 8.60. The molecule has 0 aliphatic heterocycles. The second-order valence-corrected chi connectivity index (χ2v) is 7.32. The molecule has 1 N–H and O–H groups in total. The van der Waals surface area contributed by atoms with Gasteiger partial charge in [-0.3, -0.25) is 0 Å². The van der Waals surface area contributed by atoms with Crippen LogP contribution in [-0.2, 0) is 6.18 Å². The molecule has 0 spiro atoms. The summed E-state index contributed by atoms with van der Waals surface area (Å²) in [6.07, 6.45) is -4.66. The number of hydrogen-bond donors (Lipinski definition) is 1. The monoisotopic (exact) mass is 413 g/mol. The number of aromatic nitrogens is 6.